The van der Waals surface area contributed by atoms with Gasteiger partial charge in [-0.15, -0.1) is 0 Å². The maximum absolute atomic E-state index is 8.38. The van der Waals surface area contributed by atoms with Crippen LogP contribution in [0.15, 0.2) is 0 Å². The maximum atomic E-state index is 8.38. The van der Waals surface area contributed by atoms with Gasteiger partial charge in [0.05, 0.1) is 0 Å². The minimum atomic E-state index is 0.125. The molecule has 0 aromatic heterocycles. The molecule has 0 atom stereocenters. The zero-order chi connectivity index (χ0) is 8.83. The molecule has 0 radical (unpaired) electrons. The molecule has 0 saturated heterocycles. The molecule has 0 aliphatic heterocycles. The van der Waals surface area contributed by atoms with Gasteiger partial charge in [0.15, 0.2) is 0 Å². The van der Waals surface area contributed by atoms with Gasteiger partial charge in [0, 0.05) is 0 Å². The van der Waals surface area contributed by atoms with E-state index < -0.39 is 0 Å². The van der Waals surface area contributed by atoms with Crippen LogP contribution in [0.25, 0.3) is 0 Å². The Morgan fingerprint density at radius 2 is 1.10 bits per heavy atom. The number of unbranched alkanes of at least 4 members (excludes halogenated alkanes) is 2. The van der Waals surface area contributed by atoms with E-state index in [-0.39, 0.29) is 18.3 Å². The predicted octanol–water partition coefficient (Wildman–Crippen LogP) is 3.12. The molecule has 0 rings (SSSR count). The zero-order valence-corrected chi connectivity index (χ0v) is 10.3. The Morgan fingerprint density at radius 1 is 1.00 bits per heavy atom. The van der Waals surface area contributed by atoms with Crippen molar-refractivity contribution in [2.24, 2.45) is 0 Å². The van der Waals surface area contributed by atoms with E-state index in [2.05, 4.69) is 27.7 Å². The Morgan fingerprint density at radius 3 is 1.10 bits per heavy atom. The molecule has 0 N–H and O–H groups in total. The predicted molar refractivity (Wildman–Crippen MR) is 41.2 cm³/mol. The molecule has 0 spiro atoms. The third-order valence-electron chi connectivity index (χ3n) is 0.707. The first kappa shape index (κ1) is 16.8. The Balaban J connectivity index is -0.0000000787. The summed E-state index contributed by atoms with van der Waals surface area (Å²) >= 11 is 0.125. The molecule has 0 amide bonds. The summed E-state index contributed by atoms with van der Waals surface area (Å²) in [6, 6.07) is 0. The molecule has 0 aliphatic carbocycles. The number of rotatable bonds is 2. The Hall–Kier alpha value is 0.423. The summed E-state index contributed by atoms with van der Waals surface area (Å²) in [7, 11) is 0. The van der Waals surface area contributed by atoms with Gasteiger partial charge >= 0.3 is 21.8 Å². The van der Waals surface area contributed by atoms with Crippen LogP contribution >= 0.6 is 0 Å². The fourth-order valence-electron chi connectivity index (χ4n) is 0. The normalized spacial score (nSPS) is 6.60. The van der Waals surface area contributed by atoms with Gasteiger partial charge in [-0.25, -0.2) is 0 Å². The second-order valence-electron chi connectivity index (χ2n) is 1.71. The molecular formula is C8H18OZn-2. The molecular weight excluding hydrogens is 177 g/mol. The van der Waals surface area contributed by atoms with Crippen molar-refractivity contribution in [3.05, 3.63) is 13.8 Å². The van der Waals surface area contributed by atoms with Gasteiger partial charge in [0.25, 0.3) is 0 Å². The molecule has 1 nitrogen and oxygen atoms in total. The van der Waals surface area contributed by atoms with Crippen molar-refractivity contribution < 1.29 is 21.8 Å². The van der Waals surface area contributed by atoms with E-state index in [0.717, 1.165) is 12.8 Å². The average molecular weight is 196 g/mol. The molecule has 0 fully saturated rings. The van der Waals surface area contributed by atoms with Crippen LogP contribution in [0.4, 0.5) is 0 Å². The van der Waals surface area contributed by atoms with Crippen molar-refractivity contribution in [2.75, 3.05) is 0 Å². The molecule has 0 aromatic carbocycles. The summed E-state index contributed by atoms with van der Waals surface area (Å²) in [5.74, 6) is 0. The topological polar surface area (TPSA) is 17.1 Å². The van der Waals surface area contributed by atoms with Gasteiger partial charge in [0.2, 0.25) is 0 Å². The fraction of sp³-hybridized carbons (Fsp3) is 0.750. The van der Waals surface area contributed by atoms with Gasteiger partial charge in [-0.05, 0) is 0 Å². The molecule has 60 valence electrons. The van der Waals surface area contributed by atoms with Gasteiger partial charge in [0.1, 0.15) is 0 Å². The molecule has 0 saturated carbocycles. The Bertz CT molecular complexity index is 24.4. The zero-order valence-electron chi connectivity index (χ0n) is 7.36. The van der Waals surface area contributed by atoms with E-state index in [1.165, 1.54) is 12.8 Å². The second-order valence-corrected chi connectivity index (χ2v) is 1.71. The number of hydrogen-bond acceptors (Lipinski definition) is 1. The molecule has 0 heterocycles. The second kappa shape index (κ2) is 34.2. The van der Waals surface area contributed by atoms with Gasteiger partial charge in [-0.2, -0.15) is 12.8 Å². The summed E-state index contributed by atoms with van der Waals surface area (Å²) in [6.45, 7) is 11.4. The minimum absolute atomic E-state index is 0.125. The van der Waals surface area contributed by atoms with E-state index in [1.807, 2.05) is 0 Å². The first-order valence-corrected chi connectivity index (χ1v) is 4.91. The molecule has 2 heteroatoms. The van der Waals surface area contributed by atoms with Crippen molar-refractivity contribution in [2.45, 2.75) is 39.5 Å². The van der Waals surface area contributed by atoms with Crippen LogP contribution in [-0.4, -0.2) is 0 Å². The first-order chi connectivity index (χ1) is 4.83. The number of hydrogen-bond donors (Lipinski definition) is 0. The Labute approximate surface area is 75.5 Å². The third kappa shape index (κ3) is 79.0. The van der Waals surface area contributed by atoms with Crippen molar-refractivity contribution >= 4 is 0 Å². The van der Waals surface area contributed by atoms with Crippen molar-refractivity contribution in [1.82, 2.24) is 0 Å². The monoisotopic (exact) mass is 194 g/mol. The van der Waals surface area contributed by atoms with E-state index >= 15 is 0 Å². The SMILES string of the molecule is [CH2-]CCC.[CH2-]CCC.[O]=[Zn]. The van der Waals surface area contributed by atoms with Gasteiger partial charge < -0.3 is 13.8 Å². The van der Waals surface area contributed by atoms with E-state index in [9.17, 15) is 0 Å². The van der Waals surface area contributed by atoms with Crippen molar-refractivity contribution in [1.29, 1.82) is 0 Å². The van der Waals surface area contributed by atoms with Crippen LogP contribution in [0.3, 0.4) is 0 Å². The van der Waals surface area contributed by atoms with Crippen LogP contribution in [0.2, 0.25) is 0 Å². The van der Waals surface area contributed by atoms with E-state index in [0.29, 0.717) is 0 Å². The molecule has 0 bridgehead atoms. The fourth-order valence-corrected chi connectivity index (χ4v) is 0. The molecule has 10 heavy (non-hydrogen) atoms. The van der Waals surface area contributed by atoms with Crippen LogP contribution in [0.1, 0.15) is 39.5 Å². The van der Waals surface area contributed by atoms with Crippen LogP contribution in [0.5, 0.6) is 0 Å². The molecule has 0 unspecified atom stereocenters. The average Bonchev–Trinajstić information content (AvgIpc) is 2.08. The van der Waals surface area contributed by atoms with Crippen molar-refractivity contribution in [3.8, 4) is 0 Å². The van der Waals surface area contributed by atoms with Crippen LogP contribution < -0.4 is 0 Å². The Kier molecular flexibility index (Phi) is 57.4. The molecule has 0 aliphatic rings. The summed E-state index contributed by atoms with van der Waals surface area (Å²) in [6.07, 6.45) is 4.56. The van der Waals surface area contributed by atoms with Gasteiger partial charge in [-0.1, -0.05) is 26.7 Å². The summed E-state index contributed by atoms with van der Waals surface area (Å²) in [5.41, 5.74) is 0. The molecule has 0 aromatic rings. The third-order valence-corrected chi connectivity index (χ3v) is 0.707. The van der Waals surface area contributed by atoms with Crippen LogP contribution in [-0.2, 0) is 21.8 Å². The van der Waals surface area contributed by atoms with E-state index in [4.69, 9.17) is 3.57 Å². The summed E-state index contributed by atoms with van der Waals surface area (Å²) in [4.78, 5) is 0. The van der Waals surface area contributed by atoms with Crippen molar-refractivity contribution in [3.63, 3.8) is 0 Å². The summed E-state index contributed by atoms with van der Waals surface area (Å²) < 4.78 is 8.38. The van der Waals surface area contributed by atoms with Gasteiger partial charge in [-0.3, -0.25) is 0 Å². The van der Waals surface area contributed by atoms with E-state index in [1.54, 1.807) is 0 Å². The first-order valence-electron chi connectivity index (χ1n) is 3.70. The van der Waals surface area contributed by atoms with Crippen LogP contribution in [0, 0.1) is 13.8 Å². The standard InChI is InChI=1S/2C4H9.O.Zn/c2*1-3-4-2;;/h2*1,3-4H2,2H3;;/q2*-1;;. The summed E-state index contributed by atoms with van der Waals surface area (Å²) in [5, 5.41) is 0. The quantitative estimate of drug-likeness (QED) is 0.489.